The van der Waals surface area contributed by atoms with Gasteiger partial charge in [-0.15, -0.1) is 0 Å². The number of carbonyl (C=O) groups is 1. The average Bonchev–Trinajstić information content (AvgIpc) is 2.61. The number of aromatic nitrogens is 2. The summed E-state index contributed by atoms with van der Waals surface area (Å²) in [5.41, 5.74) is 4.21. The number of nitrogen functional groups attached to an aromatic ring is 1. The third kappa shape index (κ3) is 3.75. The molecular formula is C11H15F2N3O6. The monoisotopic (exact) mass is 323 g/mol. The summed E-state index contributed by atoms with van der Waals surface area (Å²) in [6.07, 6.45) is -4.69. The zero-order valence-electron chi connectivity index (χ0n) is 11.4. The third-order valence-corrected chi connectivity index (χ3v) is 2.66. The van der Waals surface area contributed by atoms with Gasteiger partial charge >= 0.3 is 11.6 Å². The molecule has 1 aromatic heterocycles. The number of hydrogen-bond donors (Lipinski definition) is 4. The molecule has 1 aromatic rings. The molecule has 1 aliphatic heterocycles. The largest absolute Gasteiger partial charge is 0.481 e. The Morgan fingerprint density at radius 2 is 2.14 bits per heavy atom. The first kappa shape index (κ1) is 17.9. The van der Waals surface area contributed by atoms with E-state index in [0.717, 1.165) is 19.2 Å². The van der Waals surface area contributed by atoms with Gasteiger partial charge in [0.1, 0.15) is 11.9 Å². The van der Waals surface area contributed by atoms with Gasteiger partial charge < -0.3 is 25.8 Å². The summed E-state index contributed by atoms with van der Waals surface area (Å²) in [4.78, 5) is 23.7. The SMILES string of the molecule is CC(=O)O.Nc1ccn([C@@H]2O[C@H](CO)[C@@H](O)C2(F)F)c(=O)n1. The van der Waals surface area contributed by atoms with Crippen molar-refractivity contribution in [2.24, 2.45) is 0 Å². The fourth-order valence-corrected chi connectivity index (χ4v) is 1.72. The topological polar surface area (TPSA) is 148 Å². The highest BCUT2D eigenvalue weighted by Crippen LogP contribution is 2.41. The number of ether oxygens (including phenoxy) is 1. The van der Waals surface area contributed by atoms with Gasteiger partial charge in [-0.25, -0.2) is 4.79 Å². The molecule has 0 amide bonds. The number of halogens is 2. The van der Waals surface area contributed by atoms with Gasteiger partial charge in [0.25, 0.3) is 5.97 Å². The van der Waals surface area contributed by atoms with Crippen LogP contribution in [-0.4, -0.2) is 55.6 Å². The second kappa shape index (κ2) is 6.77. The lowest BCUT2D eigenvalue weighted by Gasteiger charge is -2.20. The zero-order valence-corrected chi connectivity index (χ0v) is 11.4. The van der Waals surface area contributed by atoms with Gasteiger partial charge in [0.05, 0.1) is 6.61 Å². The van der Waals surface area contributed by atoms with E-state index in [-0.39, 0.29) is 5.82 Å². The molecule has 1 aliphatic rings. The van der Waals surface area contributed by atoms with E-state index in [9.17, 15) is 18.7 Å². The Morgan fingerprint density at radius 1 is 1.59 bits per heavy atom. The van der Waals surface area contributed by atoms with Gasteiger partial charge in [0, 0.05) is 13.1 Å². The molecule has 1 saturated heterocycles. The average molecular weight is 323 g/mol. The van der Waals surface area contributed by atoms with Crippen molar-refractivity contribution in [2.45, 2.75) is 31.3 Å². The molecule has 1 fully saturated rings. The Hall–Kier alpha value is -2.11. The molecule has 2 rings (SSSR count). The van der Waals surface area contributed by atoms with Crippen LogP contribution < -0.4 is 11.4 Å². The van der Waals surface area contributed by atoms with Gasteiger partial charge in [-0.1, -0.05) is 0 Å². The number of anilines is 1. The van der Waals surface area contributed by atoms with Crippen molar-refractivity contribution >= 4 is 11.8 Å². The maximum Gasteiger partial charge on any atom is 0.351 e. The summed E-state index contributed by atoms with van der Waals surface area (Å²) in [6, 6.07) is 1.15. The van der Waals surface area contributed by atoms with Crippen molar-refractivity contribution in [1.29, 1.82) is 0 Å². The van der Waals surface area contributed by atoms with E-state index < -0.39 is 42.6 Å². The lowest BCUT2D eigenvalue weighted by atomic mass is 10.1. The number of aliphatic hydroxyl groups is 2. The fraction of sp³-hybridized carbons (Fsp3) is 0.545. The second-order valence-electron chi connectivity index (χ2n) is 4.39. The van der Waals surface area contributed by atoms with E-state index in [1.807, 2.05) is 0 Å². The number of alkyl halides is 2. The predicted molar refractivity (Wildman–Crippen MR) is 68.2 cm³/mol. The minimum atomic E-state index is -3.71. The Morgan fingerprint density at radius 3 is 2.55 bits per heavy atom. The van der Waals surface area contributed by atoms with E-state index in [1.54, 1.807) is 0 Å². The van der Waals surface area contributed by atoms with Crippen LogP contribution in [-0.2, 0) is 9.53 Å². The zero-order chi connectivity index (χ0) is 17.1. The van der Waals surface area contributed by atoms with Crippen LogP contribution in [0.25, 0.3) is 0 Å². The quantitative estimate of drug-likeness (QED) is 0.530. The number of rotatable bonds is 2. The summed E-state index contributed by atoms with van der Waals surface area (Å²) < 4.78 is 32.7. The fourth-order valence-electron chi connectivity index (χ4n) is 1.72. The van der Waals surface area contributed by atoms with Crippen molar-refractivity contribution in [2.75, 3.05) is 12.3 Å². The Bertz CT molecular complexity index is 589. The Balaban J connectivity index is 0.000000541. The molecule has 0 unspecified atom stereocenters. The molecule has 5 N–H and O–H groups in total. The summed E-state index contributed by atoms with van der Waals surface area (Å²) >= 11 is 0. The van der Waals surface area contributed by atoms with Crippen LogP contribution in [0.4, 0.5) is 14.6 Å². The Kier molecular flexibility index (Phi) is 5.52. The minimum absolute atomic E-state index is 0.114. The molecule has 0 spiro atoms. The normalized spacial score (nSPS) is 26.1. The maximum absolute atomic E-state index is 13.7. The van der Waals surface area contributed by atoms with Crippen LogP contribution in [0, 0.1) is 0 Å². The molecule has 2 heterocycles. The number of hydrogen-bond acceptors (Lipinski definition) is 7. The molecule has 9 nitrogen and oxygen atoms in total. The number of carboxylic acid groups (broad SMARTS) is 1. The van der Waals surface area contributed by atoms with E-state index >= 15 is 0 Å². The highest BCUT2D eigenvalue weighted by Gasteiger charge is 2.59. The first-order chi connectivity index (χ1) is 10.1. The van der Waals surface area contributed by atoms with Gasteiger partial charge in [-0.2, -0.15) is 13.8 Å². The Labute approximate surface area is 122 Å². The van der Waals surface area contributed by atoms with Crippen molar-refractivity contribution in [3.8, 4) is 0 Å². The second-order valence-corrected chi connectivity index (χ2v) is 4.39. The standard InChI is InChI=1S/C9H11F2N3O4.C2H4O2/c10-9(11)6(16)4(3-15)18-7(9)14-2-1-5(12)13-8(14)17;1-2(3)4/h1-2,4,6-7,15-16H,3H2,(H2,12,13,17);1H3,(H,3,4)/t4-,6-,7-;/m1./s1. The van der Waals surface area contributed by atoms with E-state index in [0.29, 0.717) is 4.57 Å². The van der Waals surface area contributed by atoms with Crippen LogP contribution in [0.2, 0.25) is 0 Å². The first-order valence-corrected chi connectivity index (χ1v) is 5.97. The minimum Gasteiger partial charge on any atom is -0.481 e. The van der Waals surface area contributed by atoms with Gasteiger partial charge in [-0.05, 0) is 6.07 Å². The van der Waals surface area contributed by atoms with Crippen LogP contribution in [0.3, 0.4) is 0 Å². The van der Waals surface area contributed by atoms with Gasteiger partial charge in [0.2, 0.25) is 6.23 Å². The number of aliphatic carboxylic acids is 1. The van der Waals surface area contributed by atoms with E-state index in [2.05, 4.69) is 4.98 Å². The molecule has 22 heavy (non-hydrogen) atoms. The summed E-state index contributed by atoms with van der Waals surface area (Å²) in [5, 5.41) is 25.5. The molecule has 11 heteroatoms. The smallest absolute Gasteiger partial charge is 0.351 e. The van der Waals surface area contributed by atoms with Crippen molar-refractivity contribution in [3.05, 3.63) is 22.7 Å². The summed E-state index contributed by atoms with van der Waals surface area (Å²) in [7, 11) is 0. The number of carboxylic acids is 1. The highest BCUT2D eigenvalue weighted by atomic mass is 19.3. The molecular weight excluding hydrogens is 308 g/mol. The van der Waals surface area contributed by atoms with Gasteiger partial charge in [0.15, 0.2) is 6.10 Å². The van der Waals surface area contributed by atoms with Crippen molar-refractivity contribution in [3.63, 3.8) is 0 Å². The predicted octanol–water partition coefficient (Wildman–Crippen LogP) is -1.20. The van der Waals surface area contributed by atoms with Crippen LogP contribution >= 0.6 is 0 Å². The van der Waals surface area contributed by atoms with Gasteiger partial charge in [-0.3, -0.25) is 9.36 Å². The first-order valence-electron chi connectivity index (χ1n) is 5.97. The molecule has 0 radical (unpaired) electrons. The maximum atomic E-state index is 13.7. The molecule has 124 valence electrons. The van der Waals surface area contributed by atoms with Crippen LogP contribution in [0.1, 0.15) is 13.2 Å². The number of nitrogens with zero attached hydrogens (tertiary/aromatic N) is 2. The summed E-state index contributed by atoms with van der Waals surface area (Å²) in [5.74, 6) is -4.66. The molecule has 3 atom stereocenters. The van der Waals surface area contributed by atoms with E-state index in [1.165, 1.54) is 0 Å². The summed E-state index contributed by atoms with van der Waals surface area (Å²) in [6.45, 7) is 0.296. The molecule has 0 aromatic carbocycles. The molecule has 0 aliphatic carbocycles. The number of nitrogens with two attached hydrogens (primary N) is 1. The lowest BCUT2D eigenvalue weighted by Crippen LogP contribution is -2.41. The van der Waals surface area contributed by atoms with E-state index in [4.69, 9.17) is 25.5 Å². The van der Waals surface area contributed by atoms with Crippen LogP contribution in [0.15, 0.2) is 17.1 Å². The highest BCUT2D eigenvalue weighted by molar-refractivity contribution is 5.62. The molecule has 0 bridgehead atoms. The lowest BCUT2D eigenvalue weighted by molar-refractivity contribution is -0.140. The van der Waals surface area contributed by atoms with Crippen molar-refractivity contribution in [1.82, 2.24) is 9.55 Å². The third-order valence-electron chi connectivity index (χ3n) is 2.66. The van der Waals surface area contributed by atoms with Crippen LogP contribution in [0.5, 0.6) is 0 Å². The molecule has 0 saturated carbocycles. The van der Waals surface area contributed by atoms with Crippen molar-refractivity contribution < 1.29 is 33.6 Å². The number of aliphatic hydroxyl groups excluding tert-OH is 2.